The van der Waals surface area contributed by atoms with Crippen LogP contribution in [0.4, 0.5) is 17.2 Å². The monoisotopic (exact) mass is 345 g/mol. The van der Waals surface area contributed by atoms with Gasteiger partial charge < -0.3 is 16.5 Å². The van der Waals surface area contributed by atoms with Crippen LogP contribution < -0.4 is 11.1 Å². The minimum absolute atomic E-state index is 0.0988. The van der Waals surface area contributed by atoms with Crippen molar-refractivity contribution in [2.75, 3.05) is 11.1 Å². The largest absolute Gasteiger partial charge is 0.398 e. The van der Waals surface area contributed by atoms with E-state index < -0.39 is 0 Å². The second-order valence-corrected chi connectivity index (χ2v) is 5.92. The number of aromatic nitrogens is 2. The van der Waals surface area contributed by atoms with Crippen LogP contribution in [0.25, 0.3) is 11.3 Å². The predicted molar refractivity (Wildman–Crippen MR) is 104 cm³/mol. The van der Waals surface area contributed by atoms with Gasteiger partial charge in [-0.1, -0.05) is 12.1 Å². The standard InChI is InChI=1S/C20H19N5O/c1-12-5-3-8-20(23-12)25-19-10-14(9-16(22)15(19)11-21)18-7-4-6-17(24-18)13(2)26/h3-11,21H,22H2,1-2H3,(H,23,25). The molecule has 3 aromatic rings. The first kappa shape index (κ1) is 17.3. The van der Waals surface area contributed by atoms with E-state index in [1.54, 1.807) is 18.2 Å². The molecule has 0 atom stereocenters. The lowest BCUT2D eigenvalue weighted by molar-refractivity contribution is 0.101. The minimum Gasteiger partial charge on any atom is -0.398 e. The van der Waals surface area contributed by atoms with Crippen molar-refractivity contribution in [3.05, 3.63) is 65.5 Å². The van der Waals surface area contributed by atoms with Crippen LogP contribution in [0.3, 0.4) is 0 Å². The van der Waals surface area contributed by atoms with E-state index in [0.717, 1.165) is 11.3 Å². The van der Waals surface area contributed by atoms with Crippen molar-refractivity contribution in [3.8, 4) is 11.3 Å². The molecule has 26 heavy (non-hydrogen) atoms. The third-order valence-electron chi connectivity index (χ3n) is 3.91. The smallest absolute Gasteiger partial charge is 0.178 e. The van der Waals surface area contributed by atoms with Crippen LogP contribution in [-0.2, 0) is 0 Å². The highest BCUT2D eigenvalue weighted by Gasteiger charge is 2.11. The first-order valence-corrected chi connectivity index (χ1v) is 8.11. The van der Waals surface area contributed by atoms with Gasteiger partial charge in [-0.3, -0.25) is 4.79 Å². The molecule has 0 fully saturated rings. The van der Waals surface area contributed by atoms with E-state index >= 15 is 0 Å². The molecule has 2 aromatic heterocycles. The summed E-state index contributed by atoms with van der Waals surface area (Å²) in [4.78, 5) is 20.4. The maximum Gasteiger partial charge on any atom is 0.178 e. The topological polar surface area (TPSA) is 105 Å². The van der Waals surface area contributed by atoms with Gasteiger partial charge in [0.05, 0.1) is 11.4 Å². The van der Waals surface area contributed by atoms with Crippen LogP contribution in [0.5, 0.6) is 0 Å². The van der Waals surface area contributed by atoms with Crippen LogP contribution >= 0.6 is 0 Å². The van der Waals surface area contributed by atoms with Gasteiger partial charge in [0.25, 0.3) is 0 Å². The molecule has 4 N–H and O–H groups in total. The van der Waals surface area contributed by atoms with Crippen molar-refractivity contribution in [3.63, 3.8) is 0 Å². The average molecular weight is 345 g/mol. The molecular weight excluding hydrogens is 326 g/mol. The third kappa shape index (κ3) is 3.59. The van der Waals surface area contributed by atoms with Crippen LogP contribution in [-0.4, -0.2) is 22.0 Å². The Morgan fingerprint density at radius 3 is 2.62 bits per heavy atom. The number of Topliss-reactive ketones (excluding diaryl/α,β-unsaturated/α-hetero) is 1. The third-order valence-corrected chi connectivity index (χ3v) is 3.91. The molecule has 0 saturated heterocycles. The molecule has 0 aliphatic carbocycles. The highest BCUT2D eigenvalue weighted by atomic mass is 16.1. The number of benzene rings is 1. The van der Waals surface area contributed by atoms with Crippen molar-refractivity contribution < 1.29 is 4.79 Å². The second kappa shape index (κ2) is 7.14. The fourth-order valence-corrected chi connectivity index (χ4v) is 2.63. The highest BCUT2D eigenvalue weighted by Crippen LogP contribution is 2.30. The Morgan fingerprint density at radius 1 is 1.15 bits per heavy atom. The van der Waals surface area contributed by atoms with Gasteiger partial charge in [0, 0.05) is 35.6 Å². The number of hydrogen-bond donors (Lipinski definition) is 3. The van der Waals surface area contributed by atoms with Crippen LogP contribution in [0, 0.1) is 12.3 Å². The summed E-state index contributed by atoms with van der Waals surface area (Å²) in [5, 5.41) is 10.9. The van der Waals surface area contributed by atoms with Gasteiger partial charge in [-0.2, -0.15) is 0 Å². The lowest BCUT2D eigenvalue weighted by Crippen LogP contribution is -2.03. The number of nitrogens with one attached hydrogen (secondary N) is 2. The Morgan fingerprint density at radius 2 is 1.92 bits per heavy atom. The molecule has 1 aromatic carbocycles. The Balaban J connectivity index is 2.08. The Bertz CT molecular complexity index is 997. The molecule has 0 aliphatic heterocycles. The van der Waals surface area contributed by atoms with E-state index in [1.165, 1.54) is 13.1 Å². The zero-order valence-corrected chi connectivity index (χ0v) is 14.6. The summed E-state index contributed by atoms with van der Waals surface area (Å²) < 4.78 is 0. The fraction of sp³-hybridized carbons (Fsp3) is 0.100. The van der Waals surface area contributed by atoms with E-state index in [-0.39, 0.29) is 5.78 Å². The highest BCUT2D eigenvalue weighted by molar-refractivity contribution is 5.96. The number of nitrogens with zero attached hydrogens (tertiary/aromatic N) is 2. The molecule has 6 heteroatoms. The quantitative estimate of drug-likeness (QED) is 0.368. The van der Waals surface area contributed by atoms with Gasteiger partial charge in [-0.15, -0.1) is 0 Å². The molecule has 0 aliphatic rings. The van der Waals surface area contributed by atoms with E-state index in [0.29, 0.717) is 34.1 Å². The molecule has 0 bridgehead atoms. The van der Waals surface area contributed by atoms with E-state index in [2.05, 4.69) is 15.3 Å². The predicted octanol–water partition coefficient (Wildman–Crippen LogP) is 3.98. The van der Waals surface area contributed by atoms with Crippen LogP contribution in [0.15, 0.2) is 48.5 Å². The van der Waals surface area contributed by atoms with Gasteiger partial charge in [0.2, 0.25) is 0 Å². The molecule has 0 spiro atoms. The SMILES string of the molecule is CC(=O)c1cccc(-c2cc(N)c(C=N)c(Nc3cccc(C)n3)c2)n1. The summed E-state index contributed by atoms with van der Waals surface area (Å²) in [5.74, 6) is 0.563. The molecule has 130 valence electrons. The Labute approximate surface area is 151 Å². The van der Waals surface area contributed by atoms with Crippen molar-refractivity contribution >= 4 is 29.2 Å². The summed E-state index contributed by atoms with van der Waals surface area (Å²) in [6, 6.07) is 14.5. The number of anilines is 3. The van der Waals surface area contributed by atoms with Crippen molar-refractivity contribution in [2.45, 2.75) is 13.8 Å². The average Bonchev–Trinajstić information content (AvgIpc) is 2.61. The Kier molecular flexibility index (Phi) is 4.75. The summed E-state index contributed by atoms with van der Waals surface area (Å²) in [6.45, 7) is 3.39. The lowest BCUT2D eigenvalue weighted by Gasteiger charge is -2.14. The van der Waals surface area contributed by atoms with Gasteiger partial charge in [0.15, 0.2) is 5.78 Å². The Hall–Kier alpha value is -3.54. The molecule has 0 saturated carbocycles. The van der Waals surface area contributed by atoms with Crippen molar-refractivity contribution in [2.24, 2.45) is 0 Å². The molecule has 6 nitrogen and oxygen atoms in total. The lowest BCUT2D eigenvalue weighted by atomic mass is 10.0. The van der Waals surface area contributed by atoms with Gasteiger partial charge in [-0.25, -0.2) is 9.97 Å². The fourth-order valence-electron chi connectivity index (χ4n) is 2.63. The number of nitrogen functional groups attached to an aromatic ring is 1. The van der Waals surface area contributed by atoms with E-state index in [9.17, 15) is 4.79 Å². The molecular formula is C20H19N5O. The number of carbonyl (C=O) groups excluding carboxylic acids is 1. The van der Waals surface area contributed by atoms with Crippen LogP contribution in [0.2, 0.25) is 0 Å². The number of rotatable bonds is 5. The molecule has 3 rings (SSSR count). The first-order chi connectivity index (χ1) is 12.5. The number of aryl methyl sites for hydroxylation is 1. The zero-order chi connectivity index (χ0) is 18.7. The molecule has 0 amide bonds. The summed E-state index contributed by atoms with van der Waals surface area (Å²) in [5.41, 5.74) is 10.5. The summed E-state index contributed by atoms with van der Waals surface area (Å²) >= 11 is 0. The number of nitrogens with two attached hydrogens (primary N) is 1. The number of ketones is 1. The number of pyridine rings is 2. The maximum absolute atomic E-state index is 11.6. The van der Waals surface area contributed by atoms with E-state index in [4.69, 9.17) is 11.1 Å². The van der Waals surface area contributed by atoms with Crippen molar-refractivity contribution in [1.29, 1.82) is 5.41 Å². The zero-order valence-electron chi connectivity index (χ0n) is 14.6. The second-order valence-electron chi connectivity index (χ2n) is 5.92. The summed E-state index contributed by atoms with van der Waals surface area (Å²) in [6.07, 6.45) is 1.21. The van der Waals surface area contributed by atoms with Crippen LogP contribution in [0.1, 0.15) is 28.7 Å². The van der Waals surface area contributed by atoms with Gasteiger partial charge >= 0.3 is 0 Å². The number of hydrogen-bond acceptors (Lipinski definition) is 6. The number of carbonyl (C=O) groups is 1. The first-order valence-electron chi connectivity index (χ1n) is 8.11. The maximum atomic E-state index is 11.6. The normalized spacial score (nSPS) is 10.4. The van der Waals surface area contributed by atoms with Crippen molar-refractivity contribution in [1.82, 2.24) is 9.97 Å². The summed E-state index contributed by atoms with van der Waals surface area (Å²) in [7, 11) is 0. The molecule has 0 unspecified atom stereocenters. The van der Waals surface area contributed by atoms with E-state index in [1.807, 2.05) is 37.3 Å². The van der Waals surface area contributed by atoms with Gasteiger partial charge in [0.1, 0.15) is 11.5 Å². The molecule has 2 heterocycles. The molecule has 0 radical (unpaired) electrons. The minimum atomic E-state index is -0.0988. The van der Waals surface area contributed by atoms with Gasteiger partial charge in [-0.05, 0) is 43.3 Å².